The Bertz CT molecular complexity index is 1240. The number of benzene rings is 1. The maximum atomic E-state index is 12.1. The molecule has 4 rings (SSSR count). The summed E-state index contributed by atoms with van der Waals surface area (Å²) in [5.41, 5.74) is 0.777. The summed E-state index contributed by atoms with van der Waals surface area (Å²) in [6, 6.07) is 5.20. The Hall–Kier alpha value is -4.08. The number of carbonyl (C=O) groups is 2. The summed E-state index contributed by atoms with van der Waals surface area (Å²) in [5, 5.41) is 9.38. The summed E-state index contributed by atoms with van der Waals surface area (Å²) in [4.78, 5) is 36.1. The molecule has 3 aromatic rings. The number of hydrogen-bond acceptors (Lipinski definition) is 8. The van der Waals surface area contributed by atoms with Gasteiger partial charge in [0.25, 0.3) is 11.5 Å². The van der Waals surface area contributed by atoms with E-state index in [9.17, 15) is 14.4 Å². The van der Waals surface area contributed by atoms with Crippen molar-refractivity contribution in [1.82, 2.24) is 10.2 Å². The number of aryl methyl sites for hydroxylation is 2. The van der Waals surface area contributed by atoms with Gasteiger partial charge >= 0.3 is 5.97 Å². The number of aromatic amines is 1. The van der Waals surface area contributed by atoms with Crippen molar-refractivity contribution in [3.63, 3.8) is 0 Å². The average Bonchev–Trinajstić information content (AvgIpc) is 3.32. The predicted molar refractivity (Wildman–Crippen MR) is 105 cm³/mol. The van der Waals surface area contributed by atoms with Crippen LogP contribution in [0, 0.1) is 13.8 Å². The Labute approximate surface area is 169 Å². The van der Waals surface area contributed by atoms with Gasteiger partial charge in [0.15, 0.2) is 18.1 Å². The summed E-state index contributed by atoms with van der Waals surface area (Å²) in [7, 11) is 0. The van der Waals surface area contributed by atoms with Crippen LogP contribution in [-0.2, 0) is 14.3 Å². The van der Waals surface area contributed by atoms with Crippen LogP contribution >= 0.6 is 0 Å². The van der Waals surface area contributed by atoms with Crippen LogP contribution in [0.2, 0.25) is 0 Å². The quantitative estimate of drug-likeness (QED) is 0.481. The second kappa shape index (κ2) is 7.74. The molecule has 2 N–H and O–H groups in total. The van der Waals surface area contributed by atoms with Crippen LogP contribution in [0.5, 0.6) is 11.5 Å². The van der Waals surface area contributed by atoms with Gasteiger partial charge in [-0.25, -0.2) is 9.89 Å². The fourth-order valence-electron chi connectivity index (χ4n) is 3.06. The molecule has 154 valence electrons. The highest BCUT2D eigenvalue weighted by molar-refractivity contribution is 6.02. The molecule has 10 heteroatoms. The van der Waals surface area contributed by atoms with Crippen LogP contribution in [0.15, 0.2) is 33.5 Å². The highest BCUT2D eigenvalue weighted by atomic mass is 16.7. The van der Waals surface area contributed by atoms with Gasteiger partial charge < -0.3 is 18.6 Å². The average molecular weight is 411 g/mol. The third-order valence-corrected chi connectivity index (χ3v) is 4.41. The zero-order chi connectivity index (χ0) is 21.3. The lowest BCUT2D eigenvalue weighted by molar-refractivity contribution is -0.142. The first-order valence-electron chi connectivity index (χ1n) is 8.95. The number of nitrogens with one attached hydrogen (secondary N) is 2. The van der Waals surface area contributed by atoms with E-state index >= 15 is 0 Å². The molecule has 0 aliphatic carbocycles. The first kappa shape index (κ1) is 19.2. The van der Waals surface area contributed by atoms with Gasteiger partial charge in [0, 0.05) is 6.08 Å². The molecule has 0 saturated heterocycles. The zero-order valence-corrected chi connectivity index (χ0v) is 16.1. The minimum Gasteiger partial charge on any atom is -0.454 e. The second-order valence-corrected chi connectivity index (χ2v) is 6.48. The van der Waals surface area contributed by atoms with Gasteiger partial charge in [-0.1, -0.05) is 6.07 Å². The number of amides is 1. The first-order chi connectivity index (χ1) is 14.4. The topological polar surface area (TPSA) is 133 Å². The monoisotopic (exact) mass is 411 g/mol. The van der Waals surface area contributed by atoms with Crippen molar-refractivity contribution in [3.8, 4) is 11.5 Å². The highest BCUT2D eigenvalue weighted by Gasteiger charge is 2.19. The molecule has 0 saturated carbocycles. The maximum Gasteiger partial charge on any atom is 0.331 e. The normalized spacial score (nSPS) is 12.5. The van der Waals surface area contributed by atoms with E-state index in [1.165, 1.54) is 12.2 Å². The van der Waals surface area contributed by atoms with Gasteiger partial charge in [0.1, 0.15) is 11.1 Å². The molecule has 10 nitrogen and oxygen atoms in total. The van der Waals surface area contributed by atoms with Crippen LogP contribution in [0.4, 0.5) is 5.88 Å². The van der Waals surface area contributed by atoms with Gasteiger partial charge in [0.05, 0.1) is 11.1 Å². The van der Waals surface area contributed by atoms with Gasteiger partial charge in [-0.05, 0) is 37.6 Å². The molecule has 0 fully saturated rings. The fraction of sp³-hybridized carbons (Fsp3) is 0.200. The van der Waals surface area contributed by atoms with Crippen LogP contribution in [0.1, 0.15) is 17.0 Å². The van der Waals surface area contributed by atoms with E-state index in [1.807, 2.05) is 0 Å². The number of H-pyrrole nitrogens is 1. The number of carbonyl (C=O) groups excluding carboxylic acids is 2. The van der Waals surface area contributed by atoms with E-state index in [2.05, 4.69) is 15.5 Å². The second-order valence-electron chi connectivity index (χ2n) is 6.48. The lowest BCUT2D eigenvalue weighted by Gasteiger charge is -2.03. The van der Waals surface area contributed by atoms with Crippen molar-refractivity contribution in [2.75, 3.05) is 18.7 Å². The number of rotatable bonds is 5. The van der Waals surface area contributed by atoms with E-state index in [0.717, 1.165) is 0 Å². The van der Waals surface area contributed by atoms with Crippen molar-refractivity contribution in [1.29, 1.82) is 0 Å². The van der Waals surface area contributed by atoms with Crippen molar-refractivity contribution in [3.05, 3.63) is 51.6 Å². The number of ether oxygens (including phenoxy) is 3. The molecule has 3 heterocycles. The van der Waals surface area contributed by atoms with Crippen LogP contribution < -0.4 is 20.3 Å². The molecule has 0 unspecified atom stereocenters. The number of hydrogen-bond donors (Lipinski definition) is 2. The van der Waals surface area contributed by atoms with Crippen molar-refractivity contribution in [2.45, 2.75) is 13.8 Å². The zero-order valence-electron chi connectivity index (χ0n) is 16.1. The van der Waals surface area contributed by atoms with Gasteiger partial charge in [-0.3, -0.25) is 14.9 Å². The van der Waals surface area contributed by atoms with Crippen LogP contribution in [-0.4, -0.2) is 35.5 Å². The molecule has 1 aliphatic heterocycles. The van der Waals surface area contributed by atoms with E-state index in [-0.39, 0.29) is 18.1 Å². The number of nitrogens with zero attached hydrogens (tertiary/aromatic N) is 1. The van der Waals surface area contributed by atoms with Gasteiger partial charge in [-0.15, -0.1) is 0 Å². The minimum atomic E-state index is -0.707. The van der Waals surface area contributed by atoms with Gasteiger partial charge in [0.2, 0.25) is 12.7 Å². The highest BCUT2D eigenvalue weighted by Crippen LogP contribution is 2.32. The lowest BCUT2D eigenvalue weighted by Crippen LogP contribution is -2.21. The lowest BCUT2D eigenvalue weighted by atomic mass is 10.2. The third-order valence-electron chi connectivity index (χ3n) is 4.41. The number of esters is 1. The molecule has 0 radical (unpaired) electrons. The van der Waals surface area contributed by atoms with E-state index in [1.54, 1.807) is 32.0 Å². The molecule has 30 heavy (non-hydrogen) atoms. The van der Waals surface area contributed by atoms with Gasteiger partial charge in [-0.2, -0.15) is 5.10 Å². The Balaban J connectivity index is 1.37. The molecular formula is C20H17N3O7. The smallest absolute Gasteiger partial charge is 0.331 e. The molecular weight excluding hydrogens is 394 g/mol. The summed E-state index contributed by atoms with van der Waals surface area (Å²) in [6.45, 7) is 2.98. The number of fused-ring (bicyclic) bond motifs is 2. The van der Waals surface area contributed by atoms with Crippen LogP contribution in [0.25, 0.3) is 16.8 Å². The van der Waals surface area contributed by atoms with Crippen molar-refractivity contribution in [2.24, 2.45) is 0 Å². The van der Waals surface area contributed by atoms with Crippen molar-refractivity contribution < 1.29 is 28.2 Å². The number of aromatic nitrogens is 2. The number of furan rings is 1. The van der Waals surface area contributed by atoms with E-state index in [4.69, 9.17) is 18.6 Å². The molecule has 1 aromatic carbocycles. The summed E-state index contributed by atoms with van der Waals surface area (Å²) >= 11 is 0. The molecule has 2 aromatic heterocycles. The summed E-state index contributed by atoms with van der Waals surface area (Å²) < 4.78 is 20.9. The summed E-state index contributed by atoms with van der Waals surface area (Å²) in [6.07, 6.45) is 2.72. The number of anilines is 1. The Kier molecular flexibility index (Phi) is 4.97. The molecule has 0 atom stereocenters. The summed E-state index contributed by atoms with van der Waals surface area (Å²) in [5.74, 6) is 0.292. The SMILES string of the molecule is Cc1n[nH]c(=O)c2c(NC(=O)COC(=O)/C=C/c3ccc4c(c3)OCO4)oc(C)c12. The Morgan fingerprint density at radius 1 is 1.23 bits per heavy atom. The third kappa shape index (κ3) is 3.75. The molecule has 0 spiro atoms. The van der Waals surface area contributed by atoms with Crippen molar-refractivity contribution >= 4 is 34.6 Å². The maximum absolute atomic E-state index is 12.1. The first-order valence-corrected chi connectivity index (χ1v) is 8.95. The fourth-order valence-corrected chi connectivity index (χ4v) is 3.06. The van der Waals surface area contributed by atoms with E-state index < -0.39 is 24.0 Å². The Morgan fingerprint density at radius 3 is 2.87 bits per heavy atom. The van der Waals surface area contributed by atoms with Crippen LogP contribution in [0.3, 0.4) is 0 Å². The van der Waals surface area contributed by atoms with E-state index in [0.29, 0.717) is 33.9 Å². The molecule has 1 amide bonds. The molecule has 1 aliphatic rings. The molecule has 0 bridgehead atoms. The largest absolute Gasteiger partial charge is 0.454 e. The minimum absolute atomic E-state index is 0.0220. The standard InChI is InChI=1S/C20H17N3O7/c1-10-17-11(2)30-20(18(17)19(26)23-22-10)21-15(24)8-27-16(25)6-4-12-3-5-13-14(7-12)29-9-28-13/h3-7H,8-9H2,1-2H3,(H,21,24)(H,23,26)/b6-4+. The Morgan fingerprint density at radius 2 is 2.03 bits per heavy atom. The predicted octanol–water partition coefficient (Wildman–Crippen LogP) is 2.06.